The molecule has 0 amide bonds. The molecule has 0 aliphatic rings. The number of aromatic amines is 1. The highest BCUT2D eigenvalue weighted by atomic mass is 16.5. The van der Waals surface area contributed by atoms with Gasteiger partial charge in [0.25, 0.3) is 5.56 Å². The number of methoxy groups -OCH3 is 1. The van der Waals surface area contributed by atoms with Crippen molar-refractivity contribution in [1.29, 1.82) is 0 Å². The van der Waals surface area contributed by atoms with Gasteiger partial charge in [0.2, 0.25) is 0 Å². The Morgan fingerprint density at radius 2 is 2.05 bits per heavy atom. The monoisotopic (exact) mass is 259 g/mol. The van der Waals surface area contributed by atoms with Gasteiger partial charge in [-0.2, -0.15) is 0 Å². The van der Waals surface area contributed by atoms with Crippen LogP contribution in [0.5, 0.6) is 5.75 Å². The van der Waals surface area contributed by atoms with E-state index in [1.807, 2.05) is 13.8 Å². The van der Waals surface area contributed by atoms with Gasteiger partial charge in [0.15, 0.2) is 0 Å². The van der Waals surface area contributed by atoms with Gasteiger partial charge in [-0.1, -0.05) is 13.8 Å². The van der Waals surface area contributed by atoms with Crippen LogP contribution in [0.2, 0.25) is 0 Å². The SMILES string of the molecule is COc1ccc(N)cc1-c1cc(=O)[nH]c(C(C)C)n1. The Kier molecular flexibility index (Phi) is 3.55. The van der Waals surface area contributed by atoms with Crippen molar-refractivity contribution >= 4 is 5.69 Å². The van der Waals surface area contributed by atoms with Gasteiger partial charge in [-0.05, 0) is 18.2 Å². The molecule has 1 aromatic carbocycles. The number of hydrogen-bond acceptors (Lipinski definition) is 4. The van der Waals surface area contributed by atoms with Gasteiger partial charge in [0, 0.05) is 23.2 Å². The second-order valence-corrected chi connectivity index (χ2v) is 4.63. The van der Waals surface area contributed by atoms with Gasteiger partial charge >= 0.3 is 0 Å². The lowest BCUT2D eigenvalue weighted by Crippen LogP contribution is -2.12. The first-order valence-corrected chi connectivity index (χ1v) is 6.06. The van der Waals surface area contributed by atoms with Crippen LogP contribution in [0.25, 0.3) is 11.3 Å². The number of benzene rings is 1. The summed E-state index contributed by atoms with van der Waals surface area (Å²) in [5.74, 6) is 1.42. The first-order chi connectivity index (χ1) is 9.01. The lowest BCUT2D eigenvalue weighted by atomic mass is 10.1. The van der Waals surface area contributed by atoms with Gasteiger partial charge in [-0.3, -0.25) is 4.79 Å². The molecular weight excluding hydrogens is 242 g/mol. The molecular formula is C14H17N3O2. The molecule has 3 N–H and O–H groups in total. The summed E-state index contributed by atoms with van der Waals surface area (Å²) in [7, 11) is 1.57. The summed E-state index contributed by atoms with van der Waals surface area (Å²) in [6.45, 7) is 3.94. The third-order valence-corrected chi connectivity index (χ3v) is 2.81. The van der Waals surface area contributed by atoms with Crippen molar-refractivity contribution in [1.82, 2.24) is 9.97 Å². The third kappa shape index (κ3) is 2.76. The van der Waals surface area contributed by atoms with E-state index in [9.17, 15) is 4.79 Å². The maximum absolute atomic E-state index is 11.7. The Hall–Kier alpha value is -2.30. The van der Waals surface area contributed by atoms with E-state index in [1.54, 1.807) is 25.3 Å². The molecule has 100 valence electrons. The minimum Gasteiger partial charge on any atom is -0.496 e. The normalized spacial score (nSPS) is 10.7. The Labute approximate surface area is 111 Å². The van der Waals surface area contributed by atoms with Crippen LogP contribution >= 0.6 is 0 Å². The summed E-state index contributed by atoms with van der Waals surface area (Å²) in [5.41, 5.74) is 7.49. The number of ether oxygens (including phenoxy) is 1. The van der Waals surface area contributed by atoms with Crippen LogP contribution in [0.3, 0.4) is 0 Å². The number of hydrogen-bond donors (Lipinski definition) is 2. The lowest BCUT2D eigenvalue weighted by Gasteiger charge is -2.11. The van der Waals surface area contributed by atoms with E-state index in [4.69, 9.17) is 10.5 Å². The fourth-order valence-electron chi connectivity index (χ4n) is 1.81. The Morgan fingerprint density at radius 1 is 1.32 bits per heavy atom. The maximum Gasteiger partial charge on any atom is 0.251 e. The second-order valence-electron chi connectivity index (χ2n) is 4.63. The van der Waals surface area contributed by atoms with Crippen molar-refractivity contribution in [3.63, 3.8) is 0 Å². The van der Waals surface area contributed by atoms with Crippen LogP contribution in [-0.2, 0) is 0 Å². The summed E-state index contributed by atoms with van der Waals surface area (Å²) >= 11 is 0. The van der Waals surface area contributed by atoms with Crippen LogP contribution in [-0.4, -0.2) is 17.1 Å². The van der Waals surface area contributed by atoms with Crippen LogP contribution in [0.4, 0.5) is 5.69 Å². The molecule has 2 aromatic rings. The van der Waals surface area contributed by atoms with E-state index in [0.29, 0.717) is 23.0 Å². The summed E-state index contributed by atoms with van der Waals surface area (Å²) in [4.78, 5) is 18.9. The molecule has 0 aliphatic heterocycles. The van der Waals surface area contributed by atoms with Crippen molar-refractivity contribution < 1.29 is 4.74 Å². The molecule has 2 rings (SSSR count). The van der Waals surface area contributed by atoms with Gasteiger partial charge in [0.05, 0.1) is 12.8 Å². The zero-order valence-corrected chi connectivity index (χ0v) is 11.2. The summed E-state index contributed by atoms with van der Waals surface area (Å²) in [6, 6.07) is 6.72. The van der Waals surface area contributed by atoms with E-state index in [-0.39, 0.29) is 11.5 Å². The van der Waals surface area contributed by atoms with Crippen molar-refractivity contribution in [2.75, 3.05) is 12.8 Å². The zero-order chi connectivity index (χ0) is 14.0. The van der Waals surface area contributed by atoms with Crippen molar-refractivity contribution in [2.45, 2.75) is 19.8 Å². The Balaban J connectivity index is 2.64. The van der Waals surface area contributed by atoms with E-state index < -0.39 is 0 Å². The molecule has 19 heavy (non-hydrogen) atoms. The van der Waals surface area contributed by atoms with Crippen molar-refractivity contribution in [2.24, 2.45) is 0 Å². The van der Waals surface area contributed by atoms with Crippen LogP contribution < -0.4 is 16.0 Å². The number of nitrogens with zero attached hydrogens (tertiary/aromatic N) is 1. The highest BCUT2D eigenvalue weighted by Gasteiger charge is 2.11. The molecule has 0 unspecified atom stereocenters. The van der Waals surface area contributed by atoms with E-state index >= 15 is 0 Å². The van der Waals surface area contributed by atoms with E-state index in [0.717, 1.165) is 5.56 Å². The highest BCUT2D eigenvalue weighted by Crippen LogP contribution is 2.30. The molecule has 0 spiro atoms. The lowest BCUT2D eigenvalue weighted by molar-refractivity contribution is 0.416. The molecule has 0 fully saturated rings. The van der Waals surface area contributed by atoms with E-state index in [2.05, 4.69) is 9.97 Å². The first-order valence-electron chi connectivity index (χ1n) is 6.06. The fraction of sp³-hybridized carbons (Fsp3) is 0.286. The summed E-state index contributed by atoms with van der Waals surface area (Å²) in [5, 5.41) is 0. The predicted molar refractivity (Wildman–Crippen MR) is 75.3 cm³/mol. The average molecular weight is 259 g/mol. The zero-order valence-electron chi connectivity index (χ0n) is 11.2. The van der Waals surface area contributed by atoms with Crippen molar-refractivity contribution in [3.05, 3.63) is 40.4 Å². The Morgan fingerprint density at radius 3 is 2.68 bits per heavy atom. The number of anilines is 1. The van der Waals surface area contributed by atoms with Gasteiger partial charge in [-0.15, -0.1) is 0 Å². The molecule has 0 bridgehead atoms. The predicted octanol–water partition coefficient (Wildman–Crippen LogP) is 2.15. The largest absolute Gasteiger partial charge is 0.496 e. The van der Waals surface area contributed by atoms with Crippen LogP contribution in [0.15, 0.2) is 29.1 Å². The first kappa shape index (κ1) is 13.1. The molecule has 0 saturated heterocycles. The highest BCUT2D eigenvalue weighted by molar-refractivity contribution is 5.71. The maximum atomic E-state index is 11.7. The van der Waals surface area contributed by atoms with Crippen LogP contribution in [0.1, 0.15) is 25.6 Å². The average Bonchev–Trinajstić information content (AvgIpc) is 2.37. The Bertz CT molecular complexity index is 647. The molecule has 5 nitrogen and oxygen atoms in total. The molecule has 0 atom stereocenters. The quantitative estimate of drug-likeness (QED) is 0.827. The number of nitrogens with one attached hydrogen (secondary N) is 1. The van der Waals surface area contributed by atoms with Gasteiger partial charge in [0.1, 0.15) is 11.6 Å². The fourth-order valence-corrected chi connectivity index (χ4v) is 1.81. The van der Waals surface area contributed by atoms with Crippen LogP contribution in [0, 0.1) is 0 Å². The minimum atomic E-state index is -0.182. The number of aromatic nitrogens is 2. The standard InChI is InChI=1S/C14H17N3O2/c1-8(2)14-16-11(7-13(18)17-14)10-6-9(15)4-5-12(10)19-3/h4-8H,15H2,1-3H3,(H,16,17,18). The number of rotatable bonds is 3. The topological polar surface area (TPSA) is 81.0 Å². The third-order valence-electron chi connectivity index (χ3n) is 2.81. The second kappa shape index (κ2) is 5.14. The molecule has 1 heterocycles. The smallest absolute Gasteiger partial charge is 0.251 e. The summed E-state index contributed by atoms with van der Waals surface area (Å²) in [6.07, 6.45) is 0. The number of nitrogens with two attached hydrogens (primary N) is 1. The molecule has 0 aliphatic carbocycles. The molecule has 0 saturated carbocycles. The van der Waals surface area contributed by atoms with E-state index in [1.165, 1.54) is 6.07 Å². The number of H-pyrrole nitrogens is 1. The van der Waals surface area contributed by atoms with Gasteiger partial charge in [-0.25, -0.2) is 4.98 Å². The molecule has 0 radical (unpaired) electrons. The van der Waals surface area contributed by atoms with Crippen molar-refractivity contribution in [3.8, 4) is 17.0 Å². The molecule has 1 aromatic heterocycles. The minimum absolute atomic E-state index is 0.139. The summed E-state index contributed by atoms with van der Waals surface area (Å²) < 4.78 is 5.29. The van der Waals surface area contributed by atoms with Gasteiger partial charge < -0.3 is 15.5 Å². The molecule has 5 heteroatoms. The number of nitrogen functional groups attached to an aromatic ring is 1.